The summed E-state index contributed by atoms with van der Waals surface area (Å²) in [7, 11) is 0. The van der Waals surface area contributed by atoms with Crippen LogP contribution in [0.25, 0.3) is 10.8 Å². The predicted octanol–water partition coefficient (Wildman–Crippen LogP) is 3.11. The van der Waals surface area contributed by atoms with Crippen molar-refractivity contribution in [3.8, 4) is 0 Å². The Kier molecular flexibility index (Phi) is 2.01. The minimum absolute atomic E-state index is 1.09. The largest absolute Gasteiger partial charge is 0.264 e. The van der Waals surface area contributed by atoms with E-state index in [-0.39, 0.29) is 0 Å². The summed E-state index contributed by atoms with van der Waals surface area (Å²) in [5.41, 5.74) is 2.82. The summed E-state index contributed by atoms with van der Waals surface area (Å²) in [6.45, 7) is 4.36. The first-order valence-corrected chi connectivity index (χ1v) is 4.65. The van der Waals surface area contributed by atoms with Crippen LogP contribution < -0.4 is 0 Å². The number of rotatable bonds is 1. The van der Waals surface area contributed by atoms with Gasteiger partial charge in [0.25, 0.3) is 0 Å². The van der Waals surface area contributed by atoms with Gasteiger partial charge in [-0.15, -0.1) is 0 Å². The van der Waals surface area contributed by atoms with Gasteiger partial charge in [-0.3, -0.25) is 4.98 Å². The molecule has 13 heavy (non-hydrogen) atoms. The standard InChI is InChI=1S/C12H13N/c1-3-11-9(2)4-5-10-8-13-7-6-12(10)11/h4-8H,3H2,1-2H3. The van der Waals surface area contributed by atoms with Crippen LogP contribution in [0.4, 0.5) is 0 Å². The zero-order valence-electron chi connectivity index (χ0n) is 8.04. The number of hydrogen-bond donors (Lipinski definition) is 0. The molecule has 1 nitrogen and oxygen atoms in total. The van der Waals surface area contributed by atoms with E-state index < -0.39 is 0 Å². The van der Waals surface area contributed by atoms with E-state index in [0.29, 0.717) is 0 Å². The van der Waals surface area contributed by atoms with Gasteiger partial charge in [-0.25, -0.2) is 0 Å². The maximum absolute atomic E-state index is 4.12. The molecule has 0 unspecified atom stereocenters. The van der Waals surface area contributed by atoms with Crippen molar-refractivity contribution in [1.82, 2.24) is 4.98 Å². The molecule has 0 amide bonds. The zero-order valence-corrected chi connectivity index (χ0v) is 8.04. The SMILES string of the molecule is CCc1c(C)ccc2cnccc12. The fraction of sp³-hybridized carbons (Fsp3) is 0.250. The highest BCUT2D eigenvalue weighted by Crippen LogP contribution is 2.21. The normalized spacial score (nSPS) is 10.6. The van der Waals surface area contributed by atoms with E-state index in [4.69, 9.17) is 0 Å². The molecule has 0 radical (unpaired) electrons. The van der Waals surface area contributed by atoms with Crippen LogP contribution >= 0.6 is 0 Å². The third-order valence-electron chi connectivity index (χ3n) is 2.52. The molecule has 0 aliphatic heterocycles. The first-order valence-electron chi connectivity index (χ1n) is 4.65. The molecular formula is C12H13N. The lowest BCUT2D eigenvalue weighted by molar-refractivity contribution is 1.13. The van der Waals surface area contributed by atoms with Crippen LogP contribution in [-0.2, 0) is 6.42 Å². The first-order chi connectivity index (χ1) is 6.33. The molecule has 0 N–H and O–H groups in total. The van der Waals surface area contributed by atoms with Crippen molar-refractivity contribution in [2.24, 2.45) is 0 Å². The molecular weight excluding hydrogens is 158 g/mol. The smallest absolute Gasteiger partial charge is 0.0346 e. The number of benzene rings is 1. The van der Waals surface area contributed by atoms with E-state index in [0.717, 1.165) is 6.42 Å². The van der Waals surface area contributed by atoms with Gasteiger partial charge in [-0.1, -0.05) is 19.1 Å². The Labute approximate surface area is 78.4 Å². The lowest BCUT2D eigenvalue weighted by atomic mass is 9.99. The summed E-state index contributed by atoms with van der Waals surface area (Å²) in [5, 5.41) is 2.59. The van der Waals surface area contributed by atoms with Gasteiger partial charge >= 0.3 is 0 Å². The lowest BCUT2D eigenvalue weighted by Gasteiger charge is -2.06. The van der Waals surface area contributed by atoms with Crippen molar-refractivity contribution in [3.63, 3.8) is 0 Å². The third kappa shape index (κ3) is 1.31. The molecule has 0 aliphatic carbocycles. The summed E-state index contributed by atoms with van der Waals surface area (Å²) in [5.74, 6) is 0. The lowest BCUT2D eigenvalue weighted by Crippen LogP contribution is -1.88. The monoisotopic (exact) mass is 171 g/mol. The van der Waals surface area contributed by atoms with Crippen molar-refractivity contribution in [3.05, 3.63) is 41.7 Å². The van der Waals surface area contributed by atoms with Crippen LogP contribution in [0.15, 0.2) is 30.6 Å². The van der Waals surface area contributed by atoms with E-state index in [1.807, 2.05) is 12.4 Å². The van der Waals surface area contributed by atoms with Crippen molar-refractivity contribution in [1.29, 1.82) is 0 Å². The highest BCUT2D eigenvalue weighted by Gasteiger charge is 2.01. The van der Waals surface area contributed by atoms with Gasteiger partial charge in [-0.05, 0) is 35.9 Å². The van der Waals surface area contributed by atoms with Gasteiger partial charge in [0.1, 0.15) is 0 Å². The Morgan fingerprint density at radius 2 is 2.08 bits per heavy atom. The Balaban J connectivity index is 2.84. The quantitative estimate of drug-likeness (QED) is 0.642. The highest BCUT2D eigenvalue weighted by atomic mass is 14.6. The number of hydrogen-bond acceptors (Lipinski definition) is 1. The Bertz CT molecular complexity index is 432. The van der Waals surface area contributed by atoms with Gasteiger partial charge in [-0.2, -0.15) is 0 Å². The molecule has 0 saturated heterocycles. The summed E-state index contributed by atoms with van der Waals surface area (Å²) >= 11 is 0. The average molecular weight is 171 g/mol. The molecule has 0 atom stereocenters. The van der Waals surface area contributed by atoms with Crippen molar-refractivity contribution >= 4 is 10.8 Å². The molecule has 0 saturated carbocycles. The maximum atomic E-state index is 4.12. The van der Waals surface area contributed by atoms with E-state index in [1.165, 1.54) is 21.9 Å². The van der Waals surface area contributed by atoms with E-state index in [9.17, 15) is 0 Å². The molecule has 2 rings (SSSR count). The number of fused-ring (bicyclic) bond motifs is 1. The number of aryl methyl sites for hydroxylation is 2. The fourth-order valence-electron chi connectivity index (χ4n) is 1.81. The Morgan fingerprint density at radius 3 is 2.85 bits per heavy atom. The molecule has 0 spiro atoms. The summed E-state index contributed by atoms with van der Waals surface area (Å²) in [6, 6.07) is 6.40. The summed E-state index contributed by atoms with van der Waals surface area (Å²) in [4.78, 5) is 4.12. The molecule has 0 aliphatic rings. The van der Waals surface area contributed by atoms with E-state index in [1.54, 1.807) is 0 Å². The molecule has 2 aromatic rings. The van der Waals surface area contributed by atoms with Gasteiger partial charge in [0.05, 0.1) is 0 Å². The predicted molar refractivity (Wildman–Crippen MR) is 55.9 cm³/mol. The van der Waals surface area contributed by atoms with Crippen LogP contribution in [0, 0.1) is 6.92 Å². The Hall–Kier alpha value is -1.37. The first kappa shape index (κ1) is 8.24. The molecule has 66 valence electrons. The van der Waals surface area contributed by atoms with Gasteiger partial charge in [0, 0.05) is 17.8 Å². The van der Waals surface area contributed by atoms with Crippen LogP contribution in [0.2, 0.25) is 0 Å². The second kappa shape index (κ2) is 3.17. The highest BCUT2D eigenvalue weighted by molar-refractivity contribution is 5.85. The van der Waals surface area contributed by atoms with E-state index >= 15 is 0 Å². The van der Waals surface area contributed by atoms with Crippen molar-refractivity contribution in [2.75, 3.05) is 0 Å². The summed E-state index contributed by atoms with van der Waals surface area (Å²) in [6.07, 6.45) is 4.88. The molecule has 1 aromatic carbocycles. The second-order valence-corrected chi connectivity index (χ2v) is 3.31. The summed E-state index contributed by atoms with van der Waals surface area (Å²) < 4.78 is 0. The molecule has 0 bridgehead atoms. The Morgan fingerprint density at radius 1 is 1.23 bits per heavy atom. The minimum atomic E-state index is 1.09. The van der Waals surface area contributed by atoms with Crippen LogP contribution in [-0.4, -0.2) is 4.98 Å². The van der Waals surface area contributed by atoms with E-state index in [2.05, 4.69) is 37.0 Å². The number of pyridine rings is 1. The number of aromatic nitrogens is 1. The molecule has 1 heteroatoms. The fourth-order valence-corrected chi connectivity index (χ4v) is 1.81. The molecule has 1 heterocycles. The van der Waals surface area contributed by atoms with Crippen LogP contribution in [0.3, 0.4) is 0 Å². The number of nitrogens with zero attached hydrogens (tertiary/aromatic N) is 1. The molecule has 1 aromatic heterocycles. The van der Waals surface area contributed by atoms with Crippen molar-refractivity contribution in [2.45, 2.75) is 20.3 Å². The van der Waals surface area contributed by atoms with Crippen LogP contribution in [0.5, 0.6) is 0 Å². The minimum Gasteiger partial charge on any atom is -0.264 e. The maximum Gasteiger partial charge on any atom is 0.0346 e. The average Bonchev–Trinajstić information content (AvgIpc) is 2.18. The van der Waals surface area contributed by atoms with Crippen molar-refractivity contribution < 1.29 is 0 Å². The van der Waals surface area contributed by atoms with Gasteiger partial charge in [0.15, 0.2) is 0 Å². The zero-order chi connectivity index (χ0) is 9.26. The van der Waals surface area contributed by atoms with Gasteiger partial charge in [0.2, 0.25) is 0 Å². The topological polar surface area (TPSA) is 12.9 Å². The second-order valence-electron chi connectivity index (χ2n) is 3.31. The van der Waals surface area contributed by atoms with Gasteiger partial charge < -0.3 is 0 Å². The molecule has 0 fully saturated rings. The van der Waals surface area contributed by atoms with Crippen LogP contribution in [0.1, 0.15) is 18.1 Å². The third-order valence-corrected chi connectivity index (χ3v) is 2.52.